The first-order valence-corrected chi connectivity index (χ1v) is 11.7. The van der Waals surface area contributed by atoms with E-state index in [4.69, 9.17) is 9.47 Å². The van der Waals surface area contributed by atoms with Crippen molar-refractivity contribution in [1.29, 1.82) is 0 Å². The summed E-state index contributed by atoms with van der Waals surface area (Å²) in [4.78, 5) is 4.79. The van der Waals surface area contributed by atoms with Crippen LogP contribution in [0.2, 0.25) is 0 Å². The maximum Gasteiger partial charge on any atom is 0.240 e. The van der Waals surface area contributed by atoms with E-state index in [1.807, 2.05) is 13.0 Å². The molecule has 0 heterocycles. The zero-order valence-electron chi connectivity index (χ0n) is 17.9. The average Bonchev–Trinajstić information content (AvgIpc) is 3.53. The topological polar surface area (TPSA) is 101 Å². The van der Waals surface area contributed by atoms with Crippen LogP contribution in [0.3, 0.4) is 0 Å². The highest BCUT2D eigenvalue weighted by atomic mass is 127. The third-order valence-electron chi connectivity index (χ3n) is 4.38. The van der Waals surface area contributed by atoms with Crippen LogP contribution in [0.5, 0.6) is 0 Å². The summed E-state index contributed by atoms with van der Waals surface area (Å²) in [7, 11) is -2.02. The van der Waals surface area contributed by atoms with Crippen LogP contribution < -0.4 is 15.4 Å². The molecule has 0 saturated heterocycles. The van der Waals surface area contributed by atoms with Gasteiger partial charge in [-0.05, 0) is 49.8 Å². The van der Waals surface area contributed by atoms with Gasteiger partial charge in [0.15, 0.2) is 5.96 Å². The molecule has 1 fully saturated rings. The predicted molar refractivity (Wildman–Crippen MR) is 130 cm³/mol. The van der Waals surface area contributed by atoms with Crippen LogP contribution in [0, 0.1) is 5.92 Å². The molecule has 0 aliphatic heterocycles. The van der Waals surface area contributed by atoms with E-state index >= 15 is 0 Å². The van der Waals surface area contributed by atoms with Gasteiger partial charge in [0.05, 0.1) is 18.0 Å². The van der Waals surface area contributed by atoms with Crippen molar-refractivity contribution in [2.45, 2.75) is 37.6 Å². The van der Waals surface area contributed by atoms with Crippen molar-refractivity contribution in [3.05, 3.63) is 29.8 Å². The SMILES string of the molecule is CCNC(=NCc1cccc(S(=O)(=O)NCCOC)c1)NCCCOCC1CC1.I. The van der Waals surface area contributed by atoms with Gasteiger partial charge in [0.25, 0.3) is 0 Å². The van der Waals surface area contributed by atoms with E-state index in [9.17, 15) is 8.42 Å². The van der Waals surface area contributed by atoms with Gasteiger partial charge < -0.3 is 20.1 Å². The number of halogens is 1. The molecule has 30 heavy (non-hydrogen) atoms. The molecular formula is C20H35IN4O4S. The Labute approximate surface area is 197 Å². The molecule has 0 bridgehead atoms. The van der Waals surface area contributed by atoms with E-state index in [1.54, 1.807) is 18.2 Å². The number of benzene rings is 1. The minimum absolute atomic E-state index is 0. The third kappa shape index (κ3) is 10.9. The monoisotopic (exact) mass is 554 g/mol. The highest BCUT2D eigenvalue weighted by Gasteiger charge is 2.20. The molecule has 0 aromatic heterocycles. The molecule has 10 heteroatoms. The summed E-state index contributed by atoms with van der Waals surface area (Å²) in [6, 6.07) is 6.82. The smallest absolute Gasteiger partial charge is 0.240 e. The van der Waals surface area contributed by atoms with Crippen molar-refractivity contribution in [2.24, 2.45) is 10.9 Å². The molecule has 0 radical (unpaired) electrons. The number of nitrogens with one attached hydrogen (secondary N) is 3. The lowest BCUT2D eigenvalue weighted by Gasteiger charge is -2.12. The van der Waals surface area contributed by atoms with E-state index in [0.29, 0.717) is 19.1 Å². The summed E-state index contributed by atoms with van der Waals surface area (Å²) < 4.78 is 37.7. The van der Waals surface area contributed by atoms with Gasteiger partial charge in [0, 0.05) is 40.0 Å². The average molecular weight is 554 g/mol. The van der Waals surface area contributed by atoms with Crippen molar-refractivity contribution >= 4 is 40.0 Å². The van der Waals surface area contributed by atoms with Gasteiger partial charge in [0.1, 0.15) is 0 Å². The normalized spacial score (nSPS) is 14.3. The Kier molecular flexibility index (Phi) is 13.5. The van der Waals surface area contributed by atoms with Crippen molar-refractivity contribution in [2.75, 3.05) is 46.6 Å². The minimum atomic E-state index is -3.55. The number of hydrogen-bond acceptors (Lipinski definition) is 5. The lowest BCUT2D eigenvalue weighted by molar-refractivity contribution is 0.123. The van der Waals surface area contributed by atoms with Gasteiger partial charge in [-0.1, -0.05) is 12.1 Å². The molecule has 1 aliphatic rings. The molecule has 0 amide bonds. The van der Waals surface area contributed by atoms with Gasteiger partial charge in [-0.2, -0.15) is 0 Å². The number of hydrogen-bond donors (Lipinski definition) is 3. The fraction of sp³-hybridized carbons (Fsp3) is 0.650. The van der Waals surface area contributed by atoms with E-state index in [-0.39, 0.29) is 35.4 Å². The fourth-order valence-electron chi connectivity index (χ4n) is 2.60. The largest absolute Gasteiger partial charge is 0.383 e. The first-order valence-electron chi connectivity index (χ1n) is 10.2. The molecule has 1 aromatic rings. The fourth-order valence-corrected chi connectivity index (χ4v) is 3.68. The Morgan fingerprint density at radius 3 is 2.70 bits per heavy atom. The molecule has 8 nitrogen and oxygen atoms in total. The first-order chi connectivity index (χ1) is 14.0. The highest BCUT2D eigenvalue weighted by molar-refractivity contribution is 14.0. The van der Waals surface area contributed by atoms with Gasteiger partial charge in [0.2, 0.25) is 10.0 Å². The Morgan fingerprint density at radius 2 is 2.00 bits per heavy atom. The molecule has 1 aliphatic carbocycles. The van der Waals surface area contributed by atoms with E-state index in [1.165, 1.54) is 20.0 Å². The number of nitrogens with zero attached hydrogens (tertiary/aromatic N) is 1. The Hall–Kier alpha value is -0.950. The quantitative estimate of drug-likeness (QED) is 0.141. The van der Waals surface area contributed by atoms with Crippen molar-refractivity contribution in [3.8, 4) is 0 Å². The van der Waals surface area contributed by atoms with Crippen LogP contribution in [-0.4, -0.2) is 60.9 Å². The maximum atomic E-state index is 12.3. The number of ether oxygens (including phenoxy) is 2. The van der Waals surface area contributed by atoms with Crippen molar-refractivity contribution < 1.29 is 17.9 Å². The van der Waals surface area contributed by atoms with E-state index in [2.05, 4.69) is 20.3 Å². The van der Waals surface area contributed by atoms with E-state index in [0.717, 1.165) is 44.2 Å². The molecule has 2 rings (SSSR count). The molecule has 1 saturated carbocycles. The second-order valence-electron chi connectivity index (χ2n) is 7.03. The Bertz CT molecular complexity index is 742. The number of methoxy groups -OCH3 is 1. The second-order valence-corrected chi connectivity index (χ2v) is 8.80. The van der Waals surface area contributed by atoms with Crippen LogP contribution in [0.15, 0.2) is 34.2 Å². The summed E-state index contributed by atoms with van der Waals surface area (Å²) in [5.41, 5.74) is 0.824. The summed E-state index contributed by atoms with van der Waals surface area (Å²) in [5.74, 6) is 1.50. The van der Waals surface area contributed by atoms with Gasteiger partial charge in [-0.25, -0.2) is 18.1 Å². The number of sulfonamides is 1. The van der Waals surface area contributed by atoms with Gasteiger partial charge in [-0.15, -0.1) is 24.0 Å². The summed E-state index contributed by atoms with van der Waals surface area (Å²) in [6.07, 6.45) is 3.53. The molecule has 3 N–H and O–H groups in total. The molecule has 172 valence electrons. The lowest BCUT2D eigenvalue weighted by Crippen LogP contribution is -2.38. The van der Waals surface area contributed by atoms with Crippen LogP contribution in [-0.2, 0) is 26.0 Å². The van der Waals surface area contributed by atoms with Crippen LogP contribution >= 0.6 is 24.0 Å². The molecule has 0 spiro atoms. The van der Waals surface area contributed by atoms with Crippen molar-refractivity contribution in [1.82, 2.24) is 15.4 Å². The maximum absolute atomic E-state index is 12.3. The Balaban J connectivity index is 0.00000450. The van der Waals surface area contributed by atoms with E-state index < -0.39 is 10.0 Å². The number of guanidine groups is 1. The van der Waals surface area contributed by atoms with Crippen LogP contribution in [0.4, 0.5) is 0 Å². The molecule has 0 unspecified atom stereocenters. The number of rotatable bonds is 14. The van der Waals surface area contributed by atoms with Crippen molar-refractivity contribution in [3.63, 3.8) is 0 Å². The second kappa shape index (κ2) is 15.0. The van der Waals surface area contributed by atoms with Gasteiger partial charge in [-0.3, -0.25) is 0 Å². The summed E-state index contributed by atoms with van der Waals surface area (Å²) >= 11 is 0. The molecular weight excluding hydrogens is 519 g/mol. The highest BCUT2D eigenvalue weighted by Crippen LogP contribution is 2.28. The van der Waals surface area contributed by atoms with Crippen LogP contribution in [0.25, 0.3) is 0 Å². The standard InChI is InChI=1S/C20H34N4O4S.HI/c1-3-21-20(22-10-5-12-28-16-17-8-9-17)23-15-18-6-4-7-19(14-18)29(25,26)24-11-13-27-2;/h4,6-7,14,17,24H,3,5,8-13,15-16H2,1-2H3,(H2,21,22,23);1H. The lowest BCUT2D eigenvalue weighted by atomic mass is 10.2. The number of aliphatic imine (C=N–C) groups is 1. The molecule has 1 aromatic carbocycles. The van der Waals surface area contributed by atoms with Gasteiger partial charge >= 0.3 is 0 Å². The summed E-state index contributed by atoms with van der Waals surface area (Å²) in [5, 5.41) is 6.49. The zero-order chi connectivity index (χ0) is 21.0. The zero-order valence-corrected chi connectivity index (χ0v) is 21.0. The Morgan fingerprint density at radius 1 is 1.20 bits per heavy atom. The summed E-state index contributed by atoms with van der Waals surface area (Å²) in [6.45, 7) is 6.11. The minimum Gasteiger partial charge on any atom is -0.383 e. The van der Waals surface area contributed by atoms with Crippen LogP contribution in [0.1, 0.15) is 31.7 Å². The molecule has 0 atom stereocenters. The first kappa shape index (κ1) is 27.1. The predicted octanol–water partition coefficient (Wildman–Crippen LogP) is 2.10. The third-order valence-corrected chi connectivity index (χ3v) is 5.84.